The van der Waals surface area contributed by atoms with Crippen molar-refractivity contribution in [3.63, 3.8) is 0 Å². The van der Waals surface area contributed by atoms with Crippen LogP contribution in [0.1, 0.15) is 42.9 Å². The van der Waals surface area contributed by atoms with Crippen molar-refractivity contribution in [2.75, 3.05) is 6.54 Å². The fourth-order valence-corrected chi connectivity index (χ4v) is 4.17. The molecule has 1 fully saturated rings. The third-order valence-corrected chi connectivity index (χ3v) is 5.77. The van der Waals surface area contributed by atoms with Crippen molar-refractivity contribution in [2.45, 2.75) is 31.7 Å². The van der Waals surface area contributed by atoms with Crippen molar-refractivity contribution < 1.29 is 29.0 Å². The van der Waals surface area contributed by atoms with E-state index in [9.17, 15) is 23.9 Å². The predicted molar refractivity (Wildman–Crippen MR) is 118 cm³/mol. The highest BCUT2D eigenvalue weighted by Crippen LogP contribution is 2.42. The van der Waals surface area contributed by atoms with Crippen LogP contribution in [0.2, 0.25) is 10.0 Å². The Balaban J connectivity index is 2.02. The summed E-state index contributed by atoms with van der Waals surface area (Å²) >= 11 is 12.4. The number of nitrogens with zero attached hydrogens (tertiary/aromatic N) is 1. The number of hydrogen-bond acceptors (Lipinski definition) is 4. The number of aliphatic carboxylic acids is 1. The molecule has 1 aliphatic rings. The number of carbonyl (C=O) groups is 3. The third-order valence-electron chi connectivity index (χ3n) is 5.20. The molecular weight excluding hydrogens is 460 g/mol. The van der Waals surface area contributed by atoms with Gasteiger partial charge in [0.05, 0.1) is 11.6 Å². The largest absolute Gasteiger partial charge is 0.507 e. The summed E-state index contributed by atoms with van der Waals surface area (Å²) in [6, 6.07) is 8.54. The lowest BCUT2D eigenvalue weighted by Gasteiger charge is -2.26. The molecule has 2 aromatic rings. The predicted octanol–water partition coefficient (Wildman–Crippen LogP) is 5.20. The van der Waals surface area contributed by atoms with E-state index in [0.29, 0.717) is 29.8 Å². The maximum absolute atomic E-state index is 13.3. The summed E-state index contributed by atoms with van der Waals surface area (Å²) in [6.07, 6.45) is 1.43. The number of carboxylic acids is 1. The van der Waals surface area contributed by atoms with Crippen LogP contribution in [-0.4, -0.2) is 39.3 Å². The van der Waals surface area contributed by atoms with Crippen molar-refractivity contribution in [1.82, 2.24) is 4.90 Å². The first-order valence-electron chi connectivity index (χ1n) is 9.91. The molecule has 1 heterocycles. The second-order valence-corrected chi connectivity index (χ2v) is 8.21. The Morgan fingerprint density at radius 3 is 2.31 bits per heavy atom. The number of benzene rings is 2. The first-order valence-corrected chi connectivity index (χ1v) is 10.7. The minimum atomic E-state index is -0.968. The number of amides is 1. The van der Waals surface area contributed by atoms with Gasteiger partial charge in [0, 0.05) is 28.6 Å². The number of hydrogen-bond donors (Lipinski definition) is 2. The second-order valence-electron chi connectivity index (χ2n) is 7.37. The lowest BCUT2D eigenvalue weighted by molar-refractivity contribution is -0.140. The molecule has 6 nitrogen and oxygen atoms in total. The molecule has 1 atom stereocenters. The highest BCUT2D eigenvalue weighted by molar-refractivity contribution is 6.47. The fourth-order valence-electron chi connectivity index (χ4n) is 3.66. The summed E-state index contributed by atoms with van der Waals surface area (Å²) in [5, 5.41) is 20.2. The fraction of sp³-hybridized carbons (Fsp3) is 0.261. The van der Waals surface area contributed by atoms with Crippen LogP contribution in [0.15, 0.2) is 48.0 Å². The Hall–Kier alpha value is -2.90. The first-order chi connectivity index (χ1) is 15.2. The van der Waals surface area contributed by atoms with Crippen molar-refractivity contribution in [3.8, 4) is 0 Å². The standard InChI is InChI=1S/C23H20Cl2FNO5/c24-14-7-10-16(17(25)12-14)20-19(21(30)13-5-8-15(26)9-6-13)22(31)23(32)27(20)11-3-1-2-4-18(28)29/h5-10,12,20,30H,1-4,11H2,(H,28,29)/b21-19-. The lowest BCUT2D eigenvalue weighted by Crippen LogP contribution is -2.30. The van der Waals surface area contributed by atoms with Gasteiger partial charge < -0.3 is 15.1 Å². The summed E-state index contributed by atoms with van der Waals surface area (Å²) in [5.41, 5.74) is 0.432. The summed E-state index contributed by atoms with van der Waals surface area (Å²) in [4.78, 5) is 37.8. The van der Waals surface area contributed by atoms with E-state index in [2.05, 4.69) is 0 Å². The zero-order valence-electron chi connectivity index (χ0n) is 16.9. The Bertz CT molecular complexity index is 1080. The molecule has 32 heavy (non-hydrogen) atoms. The average Bonchev–Trinajstić information content (AvgIpc) is 2.98. The molecular formula is C23H20Cl2FNO5. The van der Waals surface area contributed by atoms with E-state index in [1.54, 1.807) is 12.1 Å². The van der Waals surface area contributed by atoms with E-state index in [-0.39, 0.29) is 29.1 Å². The van der Waals surface area contributed by atoms with E-state index >= 15 is 0 Å². The van der Waals surface area contributed by atoms with E-state index < -0.39 is 35.3 Å². The van der Waals surface area contributed by atoms with Gasteiger partial charge in [0.1, 0.15) is 11.6 Å². The van der Waals surface area contributed by atoms with Gasteiger partial charge in [0.15, 0.2) is 0 Å². The van der Waals surface area contributed by atoms with Crippen LogP contribution in [0.25, 0.3) is 5.76 Å². The van der Waals surface area contributed by atoms with Gasteiger partial charge in [-0.05, 0) is 54.8 Å². The number of aliphatic hydroxyl groups excluding tert-OH is 1. The Morgan fingerprint density at radius 2 is 1.69 bits per heavy atom. The molecule has 0 radical (unpaired) electrons. The number of ketones is 1. The summed E-state index contributed by atoms with van der Waals surface area (Å²) in [7, 11) is 0. The van der Waals surface area contributed by atoms with E-state index in [0.717, 1.165) is 12.1 Å². The van der Waals surface area contributed by atoms with E-state index in [1.807, 2.05) is 0 Å². The highest BCUT2D eigenvalue weighted by atomic mass is 35.5. The van der Waals surface area contributed by atoms with E-state index in [1.165, 1.54) is 23.1 Å². The van der Waals surface area contributed by atoms with Crippen LogP contribution in [0.3, 0.4) is 0 Å². The molecule has 0 bridgehead atoms. The highest BCUT2D eigenvalue weighted by Gasteiger charge is 2.46. The first kappa shape index (κ1) is 23.8. The van der Waals surface area contributed by atoms with Gasteiger partial charge >= 0.3 is 5.97 Å². The van der Waals surface area contributed by atoms with Crippen molar-refractivity contribution >= 4 is 46.6 Å². The normalized spacial score (nSPS) is 17.7. The number of Topliss-reactive ketones (excluding diaryl/α,β-unsaturated/α-hetero) is 1. The minimum absolute atomic E-state index is 0.00975. The zero-order chi connectivity index (χ0) is 23.4. The van der Waals surface area contributed by atoms with Gasteiger partial charge in [-0.3, -0.25) is 14.4 Å². The van der Waals surface area contributed by atoms with E-state index in [4.69, 9.17) is 28.3 Å². The molecule has 3 rings (SSSR count). The Labute approximate surface area is 193 Å². The molecule has 1 amide bonds. The van der Waals surface area contributed by atoms with Gasteiger partial charge in [-0.2, -0.15) is 0 Å². The van der Waals surface area contributed by atoms with Gasteiger partial charge in [-0.1, -0.05) is 35.7 Å². The average molecular weight is 480 g/mol. The van der Waals surface area contributed by atoms with Crippen LogP contribution >= 0.6 is 23.2 Å². The van der Waals surface area contributed by atoms with Crippen LogP contribution in [0.5, 0.6) is 0 Å². The Morgan fingerprint density at radius 1 is 1.00 bits per heavy atom. The van der Waals surface area contributed by atoms with Gasteiger partial charge in [0.2, 0.25) is 0 Å². The van der Waals surface area contributed by atoms with Crippen LogP contribution in [0, 0.1) is 5.82 Å². The van der Waals surface area contributed by atoms with Gasteiger partial charge in [0.25, 0.3) is 11.7 Å². The third kappa shape index (κ3) is 5.11. The smallest absolute Gasteiger partial charge is 0.303 e. The van der Waals surface area contributed by atoms with Crippen molar-refractivity contribution in [3.05, 3.63) is 75.0 Å². The van der Waals surface area contributed by atoms with Crippen LogP contribution in [-0.2, 0) is 14.4 Å². The second kappa shape index (κ2) is 10.1. The van der Waals surface area contributed by atoms with Gasteiger partial charge in [-0.25, -0.2) is 4.39 Å². The molecule has 0 aliphatic carbocycles. The molecule has 0 aromatic heterocycles. The molecule has 2 aromatic carbocycles. The number of carbonyl (C=O) groups excluding carboxylic acids is 2. The SMILES string of the molecule is O=C(O)CCCCCN1C(=O)C(=O)/C(=C(\O)c2ccc(F)cc2)C1c1ccc(Cl)cc1Cl. The lowest BCUT2D eigenvalue weighted by atomic mass is 9.95. The Kier molecular flexibility index (Phi) is 7.53. The number of carboxylic acid groups (broad SMARTS) is 1. The van der Waals surface area contributed by atoms with Crippen LogP contribution < -0.4 is 0 Å². The minimum Gasteiger partial charge on any atom is -0.507 e. The maximum Gasteiger partial charge on any atom is 0.303 e. The molecule has 9 heteroatoms. The summed E-state index contributed by atoms with van der Waals surface area (Å²) in [5.74, 6) is -3.54. The number of halogens is 3. The van der Waals surface area contributed by atoms with Crippen LogP contribution in [0.4, 0.5) is 4.39 Å². The molecule has 1 unspecified atom stereocenters. The molecule has 0 spiro atoms. The van der Waals surface area contributed by atoms with Crippen molar-refractivity contribution in [1.29, 1.82) is 0 Å². The monoisotopic (exact) mass is 479 g/mol. The number of rotatable bonds is 8. The van der Waals surface area contributed by atoms with Crippen molar-refractivity contribution in [2.24, 2.45) is 0 Å². The van der Waals surface area contributed by atoms with Gasteiger partial charge in [-0.15, -0.1) is 0 Å². The molecule has 168 valence electrons. The number of unbranched alkanes of at least 4 members (excludes halogenated alkanes) is 2. The molecule has 2 N–H and O–H groups in total. The topological polar surface area (TPSA) is 94.9 Å². The summed E-state index contributed by atoms with van der Waals surface area (Å²) < 4.78 is 13.3. The quantitative estimate of drug-likeness (QED) is 0.235. The number of likely N-dealkylation sites (tertiary alicyclic amines) is 1. The number of aliphatic hydroxyl groups is 1. The molecule has 1 saturated heterocycles. The molecule has 1 aliphatic heterocycles. The zero-order valence-corrected chi connectivity index (χ0v) is 18.4. The molecule has 0 saturated carbocycles. The maximum atomic E-state index is 13.3. The summed E-state index contributed by atoms with van der Waals surface area (Å²) in [6.45, 7) is 0.161.